The summed E-state index contributed by atoms with van der Waals surface area (Å²) in [6, 6.07) is 9.89. The Labute approximate surface area is 133 Å². The average molecular weight is 374 g/mol. The molecule has 0 amide bonds. The minimum Gasteiger partial charge on any atom is -0.293 e. The lowest BCUT2D eigenvalue weighted by Crippen LogP contribution is -2.01. The molecule has 6 heteroatoms. The van der Waals surface area contributed by atoms with Crippen molar-refractivity contribution in [2.45, 2.75) is 5.88 Å². The lowest BCUT2D eigenvalue weighted by molar-refractivity contribution is 0.626. The van der Waals surface area contributed by atoms with Gasteiger partial charge in [-0.25, -0.2) is 9.37 Å². The first-order valence-corrected chi connectivity index (χ1v) is 7.49. The molecule has 20 heavy (non-hydrogen) atoms. The largest absolute Gasteiger partial charge is 0.293 e. The Morgan fingerprint density at radius 1 is 1.25 bits per heavy atom. The van der Waals surface area contributed by atoms with Crippen LogP contribution in [0.1, 0.15) is 5.82 Å². The van der Waals surface area contributed by atoms with Crippen molar-refractivity contribution in [2.75, 3.05) is 0 Å². The molecule has 0 saturated heterocycles. The van der Waals surface area contributed by atoms with Crippen LogP contribution in [0.4, 0.5) is 4.39 Å². The summed E-state index contributed by atoms with van der Waals surface area (Å²) in [6.45, 7) is 0. The number of nitrogens with zero attached hydrogens (tertiary/aromatic N) is 2. The molecule has 0 radical (unpaired) electrons. The SMILES string of the molecule is Fc1ccc(Br)c(-n2c(CCl)nc3cccc(Cl)c32)c1. The lowest BCUT2D eigenvalue weighted by atomic mass is 10.2. The second-order valence-corrected chi connectivity index (χ2v) is 5.73. The van der Waals surface area contributed by atoms with Crippen molar-refractivity contribution in [1.82, 2.24) is 9.55 Å². The van der Waals surface area contributed by atoms with Crippen molar-refractivity contribution in [3.05, 3.63) is 57.5 Å². The fourth-order valence-electron chi connectivity index (χ4n) is 2.14. The van der Waals surface area contributed by atoms with Crippen LogP contribution in [0.5, 0.6) is 0 Å². The van der Waals surface area contributed by atoms with Gasteiger partial charge in [-0.2, -0.15) is 0 Å². The minimum atomic E-state index is -0.336. The van der Waals surface area contributed by atoms with E-state index in [1.807, 2.05) is 12.1 Å². The molecule has 0 spiro atoms. The number of hydrogen-bond donors (Lipinski definition) is 0. The fraction of sp³-hybridized carbons (Fsp3) is 0.0714. The van der Waals surface area contributed by atoms with Crippen molar-refractivity contribution in [1.29, 1.82) is 0 Å². The number of fused-ring (bicyclic) bond motifs is 1. The molecule has 1 heterocycles. The average Bonchev–Trinajstić information content (AvgIpc) is 2.81. The Hall–Kier alpha value is -1.10. The van der Waals surface area contributed by atoms with Gasteiger partial charge in [0.25, 0.3) is 0 Å². The van der Waals surface area contributed by atoms with Crippen molar-refractivity contribution in [3.8, 4) is 5.69 Å². The minimum absolute atomic E-state index is 0.202. The van der Waals surface area contributed by atoms with Crippen LogP contribution in [-0.2, 0) is 5.88 Å². The molecule has 0 bridgehead atoms. The number of halogens is 4. The van der Waals surface area contributed by atoms with Crippen LogP contribution in [0.25, 0.3) is 16.7 Å². The normalized spacial score (nSPS) is 11.2. The molecule has 0 fully saturated rings. The summed E-state index contributed by atoms with van der Waals surface area (Å²) in [5.41, 5.74) is 2.07. The van der Waals surface area contributed by atoms with E-state index in [9.17, 15) is 4.39 Å². The molecular formula is C14H8BrCl2FN2. The predicted molar refractivity (Wildman–Crippen MR) is 83.3 cm³/mol. The van der Waals surface area contributed by atoms with Crippen LogP contribution in [0, 0.1) is 5.82 Å². The Kier molecular flexibility index (Phi) is 3.71. The van der Waals surface area contributed by atoms with Gasteiger partial charge in [0.15, 0.2) is 0 Å². The molecule has 2 nitrogen and oxygen atoms in total. The van der Waals surface area contributed by atoms with Crippen LogP contribution >= 0.6 is 39.1 Å². The summed E-state index contributed by atoms with van der Waals surface area (Å²) in [5.74, 6) is 0.479. The van der Waals surface area contributed by atoms with E-state index in [0.717, 1.165) is 15.5 Å². The molecule has 0 aliphatic heterocycles. The van der Waals surface area contributed by atoms with E-state index in [1.54, 1.807) is 16.7 Å². The Bertz CT molecular complexity index is 801. The molecule has 0 aliphatic rings. The van der Waals surface area contributed by atoms with Crippen LogP contribution in [0.3, 0.4) is 0 Å². The fourth-order valence-corrected chi connectivity index (χ4v) is 3.00. The van der Waals surface area contributed by atoms with E-state index >= 15 is 0 Å². The Morgan fingerprint density at radius 2 is 2.05 bits per heavy atom. The third kappa shape index (κ3) is 2.22. The number of benzene rings is 2. The van der Waals surface area contributed by atoms with E-state index in [4.69, 9.17) is 23.2 Å². The van der Waals surface area contributed by atoms with Gasteiger partial charge in [0.2, 0.25) is 0 Å². The van der Waals surface area contributed by atoms with Gasteiger partial charge in [0, 0.05) is 4.47 Å². The monoisotopic (exact) mass is 372 g/mol. The maximum atomic E-state index is 13.6. The Morgan fingerprint density at radius 3 is 2.80 bits per heavy atom. The van der Waals surface area contributed by atoms with Gasteiger partial charge in [0.05, 0.1) is 27.6 Å². The molecule has 0 atom stereocenters. The van der Waals surface area contributed by atoms with Crippen molar-refractivity contribution in [3.63, 3.8) is 0 Å². The van der Waals surface area contributed by atoms with Crippen molar-refractivity contribution < 1.29 is 4.39 Å². The molecule has 0 aliphatic carbocycles. The third-order valence-corrected chi connectivity index (χ3v) is 4.18. The smallest absolute Gasteiger partial charge is 0.129 e. The second kappa shape index (κ2) is 5.35. The highest BCUT2D eigenvalue weighted by Gasteiger charge is 2.16. The summed E-state index contributed by atoms with van der Waals surface area (Å²) < 4.78 is 16.1. The summed E-state index contributed by atoms with van der Waals surface area (Å²) >= 11 is 15.6. The van der Waals surface area contributed by atoms with E-state index in [-0.39, 0.29) is 11.7 Å². The summed E-state index contributed by atoms with van der Waals surface area (Å²) in [7, 11) is 0. The first-order valence-electron chi connectivity index (χ1n) is 5.79. The van der Waals surface area contributed by atoms with Gasteiger partial charge in [-0.1, -0.05) is 17.7 Å². The van der Waals surface area contributed by atoms with Crippen LogP contribution in [0.15, 0.2) is 40.9 Å². The van der Waals surface area contributed by atoms with E-state index in [0.29, 0.717) is 16.5 Å². The van der Waals surface area contributed by atoms with Crippen molar-refractivity contribution in [2.24, 2.45) is 0 Å². The van der Waals surface area contributed by atoms with Crippen LogP contribution in [-0.4, -0.2) is 9.55 Å². The maximum absolute atomic E-state index is 13.6. The molecule has 0 saturated carbocycles. The highest BCUT2D eigenvalue weighted by Crippen LogP contribution is 2.32. The Balaban J connectivity index is 2.42. The van der Waals surface area contributed by atoms with Gasteiger partial charge >= 0.3 is 0 Å². The van der Waals surface area contributed by atoms with E-state index in [1.165, 1.54) is 12.1 Å². The van der Waals surface area contributed by atoms with Gasteiger partial charge in [-0.05, 0) is 46.3 Å². The number of rotatable bonds is 2. The number of aromatic nitrogens is 2. The van der Waals surface area contributed by atoms with Crippen molar-refractivity contribution >= 4 is 50.2 Å². The molecule has 3 aromatic rings. The zero-order valence-corrected chi connectivity index (χ0v) is 13.2. The standard InChI is InChI=1S/C14H8BrCl2FN2/c15-9-5-4-8(18)6-12(9)20-13(7-16)19-11-3-1-2-10(17)14(11)20/h1-6H,7H2. The predicted octanol–water partition coefficient (Wildman–Crippen LogP) is 5.32. The number of para-hydroxylation sites is 1. The maximum Gasteiger partial charge on any atom is 0.129 e. The highest BCUT2D eigenvalue weighted by atomic mass is 79.9. The van der Waals surface area contributed by atoms with E-state index < -0.39 is 0 Å². The molecule has 2 aromatic carbocycles. The van der Waals surface area contributed by atoms with Gasteiger partial charge in [-0.3, -0.25) is 4.57 Å². The van der Waals surface area contributed by atoms with E-state index in [2.05, 4.69) is 20.9 Å². The molecule has 102 valence electrons. The zero-order chi connectivity index (χ0) is 14.3. The number of alkyl halides is 1. The first-order chi connectivity index (χ1) is 9.61. The number of imidazole rings is 1. The molecule has 0 N–H and O–H groups in total. The van der Waals surface area contributed by atoms with Gasteiger partial charge < -0.3 is 0 Å². The van der Waals surface area contributed by atoms with Gasteiger partial charge in [0.1, 0.15) is 11.6 Å². The third-order valence-electron chi connectivity index (χ3n) is 2.97. The van der Waals surface area contributed by atoms with Gasteiger partial charge in [-0.15, -0.1) is 11.6 Å². The highest BCUT2D eigenvalue weighted by molar-refractivity contribution is 9.10. The van der Waals surface area contributed by atoms with Crippen LogP contribution < -0.4 is 0 Å². The first kappa shape index (κ1) is 13.9. The summed E-state index contributed by atoms with van der Waals surface area (Å²) in [4.78, 5) is 4.44. The molecule has 1 aromatic heterocycles. The molecular weight excluding hydrogens is 366 g/mol. The zero-order valence-electron chi connectivity index (χ0n) is 10.1. The summed E-state index contributed by atoms with van der Waals surface area (Å²) in [5, 5.41) is 0.544. The second-order valence-electron chi connectivity index (χ2n) is 4.20. The quantitative estimate of drug-likeness (QED) is 0.556. The molecule has 3 rings (SSSR count). The number of hydrogen-bond acceptors (Lipinski definition) is 1. The lowest BCUT2D eigenvalue weighted by Gasteiger charge is -2.11. The summed E-state index contributed by atoms with van der Waals surface area (Å²) in [6.07, 6.45) is 0. The molecule has 0 unspecified atom stereocenters. The topological polar surface area (TPSA) is 17.8 Å². The van der Waals surface area contributed by atoms with Crippen LogP contribution in [0.2, 0.25) is 5.02 Å².